The molecule has 23 heavy (non-hydrogen) atoms. The van der Waals surface area contributed by atoms with Gasteiger partial charge in [0.15, 0.2) is 0 Å². The van der Waals surface area contributed by atoms with Crippen LogP contribution >= 0.6 is 0 Å². The van der Waals surface area contributed by atoms with E-state index in [1.165, 1.54) is 30.3 Å². The van der Waals surface area contributed by atoms with Gasteiger partial charge in [-0.1, -0.05) is 36.4 Å². The summed E-state index contributed by atoms with van der Waals surface area (Å²) >= 11 is 1.55. The molecule has 0 fully saturated rings. The predicted molar refractivity (Wildman–Crippen MR) is 99.6 cm³/mol. The third-order valence-electron chi connectivity index (χ3n) is 3.39. The maximum Gasteiger partial charge on any atom is -0.0771 e. The first-order chi connectivity index (χ1) is 11.1. The Bertz CT molecular complexity index is 789. The van der Waals surface area contributed by atoms with Crippen LogP contribution in [-0.2, 0) is 24.2 Å². The van der Waals surface area contributed by atoms with Gasteiger partial charge in [-0.3, -0.25) is 6.08 Å². The van der Waals surface area contributed by atoms with Gasteiger partial charge < -0.3 is 0 Å². The minimum atomic E-state index is 1.02. The van der Waals surface area contributed by atoms with E-state index in [1.54, 1.807) is 24.2 Å². The van der Waals surface area contributed by atoms with Crippen molar-refractivity contribution in [3.63, 3.8) is 0 Å². The van der Waals surface area contributed by atoms with E-state index in [0.717, 1.165) is 6.42 Å². The molecular formula is C22H22Zr. The molecule has 3 aromatic rings. The second-order valence-electron chi connectivity index (χ2n) is 5.82. The Morgan fingerprint density at radius 3 is 1.78 bits per heavy atom. The summed E-state index contributed by atoms with van der Waals surface area (Å²) in [6.07, 6.45) is 8.24. The van der Waals surface area contributed by atoms with Crippen LogP contribution in [0.3, 0.4) is 0 Å². The van der Waals surface area contributed by atoms with Crippen molar-refractivity contribution in [1.82, 2.24) is 0 Å². The second-order valence-corrected chi connectivity index (χ2v) is 8.28. The predicted octanol–water partition coefficient (Wildman–Crippen LogP) is 6.15. The van der Waals surface area contributed by atoms with Gasteiger partial charge in [0.1, 0.15) is 0 Å². The van der Waals surface area contributed by atoms with Crippen LogP contribution in [0.1, 0.15) is 27.2 Å². The van der Waals surface area contributed by atoms with Gasteiger partial charge >= 0.3 is 41.3 Å². The van der Waals surface area contributed by atoms with E-state index < -0.39 is 0 Å². The van der Waals surface area contributed by atoms with Crippen molar-refractivity contribution >= 4 is 24.8 Å². The molecule has 0 nitrogen and oxygen atoms in total. The van der Waals surface area contributed by atoms with E-state index in [2.05, 4.69) is 87.5 Å². The van der Waals surface area contributed by atoms with Gasteiger partial charge in [0.05, 0.1) is 0 Å². The average molecular weight is 378 g/mol. The minimum Gasteiger partial charge on any atom is -0.126 e. The Balaban J connectivity index is 0.000000161. The van der Waals surface area contributed by atoms with Crippen LogP contribution in [0.25, 0.3) is 21.5 Å². The number of allylic oxidation sites excluding steroid dienone is 4. The summed E-state index contributed by atoms with van der Waals surface area (Å²) in [5.41, 5.74) is 1.34. The van der Waals surface area contributed by atoms with Gasteiger partial charge in [-0.15, -0.1) is 53.1 Å². The molecule has 1 heteroatoms. The summed E-state index contributed by atoms with van der Waals surface area (Å²) in [7, 11) is 0. The largest absolute Gasteiger partial charge is 0.126 e. The summed E-state index contributed by atoms with van der Waals surface area (Å²) < 4.78 is 1.51. The van der Waals surface area contributed by atoms with Crippen molar-refractivity contribution in [3.05, 3.63) is 78.4 Å². The van der Waals surface area contributed by atoms with Gasteiger partial charge in [-0.25, -0.2) is 11.6 Å². The molecule has 0 amide bonds. The van der Waals surface area contributed by atoms with Crippen molar-refractivity contribution in [2.24, 2.45) is 0 Å². The van der Waals surface area contributed by atoms with Crippen LogP contribution in [0, 0.1) is 6.08 Å². The van der Waals surface area contributed by atoms with Crippen molar-refractivity contribution in [1.29, 1.82) is 0 Å². The van der Waals surface area contributed by atoms with Crippen LogP contribution in [0.15, 0.2) is 72.3 Å². The maximum atomic E-state index is 3.05. The van der Waals surface area contributed by atoms with Gasteiger partial charge in [0, 0.05) is 0 Å². The summed E-state index contributed by atoms with van der Waals surface area (Å²) in [5.74, 6) is 0. The van der Waals surface area contributed by atoms with Crippen molar-refractivity contribution in [2.75, 3.05) is 0 Å². The zero-order chi connectivity index (χ0) is 16.7. The van der Waals surface area contributed by atoms with Crippen LogP contribution in [-0.4, -0.2) is 3.21 Å². The summed E-state index contributed by atoms with van der Waals surface area (Å²) in [4.78, 5) is 0. The van der Waals surface area contributed by atoms with Gasteiger partial charge in [0.2, 0.25) is 0 Å². The number of rotatable bonds is 0. The fraction of sp³-hybridized carbons (Fsp3) is 0.182. The molecule has 0 bridgehead atoms. The van der Waals surface area contributed by atoms with Crippen molar-refractivity contribution < 1.29 is 24.2 Å². The number of hydrogen-bond acceptors (Lipinski definition) is 0. The SMILES string of the molecule is CC1=CC[C-]=C1.C[C](C)=[Zr+2].c1ccc2c(c1)[cH-]c1ccccc12. The van der Waals surface area contributed by atoms with E-state index >= 15 is 0 Å². The monoisotopic (exact) mass is 376 g/mol. The van der Waals surface area contributed by atoms with Crippen LogP contribution in [0.4, 0.5) is 0 Å². The first kappa shape index (κ1) is 17.9. The van der Waals surface area contributed by atoms with Crippen molar-refractivity contribution in [2.45, 2.75) is 27.2 Å². The molecule has 3 aromatic carbocycles. The zero-order valence-electron chi connectivity index (χ0n) is 14.1. The Morgan fingerprint density at radius 1 is 0.957 bits per heavy atom. The Morgan fingerprint density at radius 2 is 1.43 bits per heavy atom. The molecule has 0 radical (unpaired) electrons. The topological polar surface area (TPSA) is 0 Å². The Labute approximate surface area is 154 Å². The minimum absolute atomic E-state index is 1.02. The van der Waals surface area contributed by atoms with E-state index in [9.17, 15) is 0 Å². The molecule has 1 aliphatic carbocycles. The molecule has 4 rings (SSSR count). The summed E-state index contributed by atoms with van der Waals surface area (Å²) in [6.45, 7) is 6.33. The quantitative estimate of drug-likeness (QED) is 0.412. The third-order valence-corrected chi connectivity index (χ3v) is 3.39. The molecule has 0 heterocycles. The van der Waals surface area contributed by atoms with E-state index in [-0.39, 0.29) is 0 Å². The molecule has 114 valence electrons. The standard InChI is InChI=1S/C13H9.C6H7.C3H6.Zr/c1-3-7-12-10(5-1)9-11-6-2-4-8-13(11)12;1-6-4-2-3-5-6;1-3-2;/h1-9H;4-5H,2H2,1H3;1-2H3;/q2*-1;;+2. The molecule has 0 saturated carbocycles. The molecule has 0 aliphatic heterocycles. The molecule has 0 aromatic heterocycles. The van der Waals surface area contributed by atoms with Crippen molar-refractivity contribution in [3.8, 4) is 0 Å². The normalized spacial score (nSPS) is 12.3. The van der Waals surface area contributed by atoms with Crippen LogP contribution < -0.4 is 0 Å². The Kier molecular flexibility index (Phi) is 6.99. The Hall–Kier alpha value is -1.46. The van der Waals surface area contributed by atoms with E-state index in [4.69, 9.17) is 0 Å². The molecule has 1 aliphatic rings. The first-order valence-corrected chi connectivity index (χ1v) is 9.09. The van der Waals surface area contributed by atoms with Crippen LogP contribution in [0.2, 0.25) is 0 Å². The summed E-state index contributed by atoms with van der Waals surface area (Å²) in [6, 6.07) is 19.3. The van der Waals surface area contributed by atoms with E-state index in [0.29, 0.717) is 0 Å². The molecule has 0 spiro atoms. The first-order valence-electron chi connectivity index (χ1n) is 7.86. The fourth-order valence-corrected chi connectivity index (χ4v) is 2.40. The molecule has 0 unspecified atom stereocenters. The van der Waals surface area contributed by atoms with Gasteiger partial charge in [-0.2, -0.15) is 6.08 Å². The average Bonchev–Trinajstić information content (AvgIpc) is 3.13. The third kappa shape index (κ3) is 5.59. The van der Waals surface area contributed by atoms with Crippen LogP contribution in [0.5, 0.6) is 0 Å². The number of hydrogen-bond donors (Lipinski definition) is 0. The smallest absolute Gasteiger partial charge is 0.0771 e. The molecule has 0 N–H and O–H groups in total. The van der Waals surface area contributed by atoms with E-state index in [1.807, 2.05) is 6.08 Å². The fourth-order valence-electron chi connectivity index (χ4n) is 2.40. The maximum absolute atomic E-state index is 3.05. The van der Waals surface area contributed by atoms with Gasteiger partial charge in [0.25, 0.3) is 0 Å². The second kappa shape index (κ2) is 8.99. The summed E-state index contributed by atoms with van der Waals surface area (Å²) in [5, 5.41) is 5.39. The molecule has 0 saturated heterocycles. The molecule has 0 atom stereocenters. The number of benzene rings is 2. The molecular weight excluding hydrogens is 355 g/mol. The number of fused-ring (bicyclic) bond motifs is 3. The zero-order valence-corrected chi connectivity index (χ0v) is 16.5. The van der Waals surface area contributed by atoms with Gasteiger partial charge in [-0.05, 0) is 0 Å².